The molecule has 0 aliphatic carbocycles. The zero-order valence-corrected chi connectivity index (χ0v) is 16.7. The second kappa shape index (κ2) is 7.96. The molecule has 30 heavy (non-hydrogen) atoms. The molecule has 0 aliphatic rings. The van der Waals surface area contributed by atoms with E-state index in [-0.39, 0.29) is 16.9 Å². The van der Waals surface area contributed by atoms with Crippen molar-refractivity contribution in [3.05, 3.63) is 93.2 Å². The van der Waals surface area contributed by atoms with E-state index >= 15 is 0 Å². The molecule has 2 aromatic heterocycles. The van der Waals surface area contributed by atoms with Gasteiger partial charge in [-0.2, -0.15) is 0 Å². The van der Waals surface area contributed by atoms with Crippen LogP contribution in [0.15, 0.2) is 65.6 Å². The molecule has 2 heterocycles. The summed E-state index contributed by atoms with van der Waals surface area (Å²) in [5, 5.41) is 13.3. The van der Waals surface area contributed by atoms with Gasteiger partial charge in [0.2, 0.25) is 11.0 Å². The Morgan fingerprint density at radius 3 is 2.57 bits per heavy atom. The average Bonchev–Trinajstić information content (AvgIpc) is 3.26. The normalized spacial score (nSPS) is 10.9. The van der Waals surface area contributed by atoms with Gasteiger partial charge in [-0.15, -0.1) is 0 Å². The van der Waals surface area contributed by atoms with Crippen LogP contribution in [0.25, 0.3) is 10.8 Å². The summed E-state index contributed by atoms with van der Waals surface area (Å²) in [6, 6.07) is 14.8. The van der Waals surface area contributed by atoms with Crippen LogP contribution in [0.5, 0.6) is 5.88 Å². The molecule has 152 valence electrons. The summed E-state index contributed by atoms with van der Waals surface area (Å²) in [6.45, 7) is 2.02. The first-order valence-electron chi connectivity index (χ1n) is 9.03. The van der Waals surface area contributed by atoms with Gasteiger partial charge >= 0.3 is 5.69 Å². The predicted molar refractivity (Wildman–Crippen MR) is 111 cm³/mol. The van der Waals surface area contributed by atoms with E-state index in [0.29, 0.717) is 22.8 Å². The molecule has 1 amide bonds. The number of nitrogens with one attached hydrogen (secondary N) is 1. The van der Waals surface area contributed by atoms with Crippen LogP contribution in [0.1, 0.15) is 20.9 Å². The van der Waals surface area contributed by atoms with E-state index in [1.807, 2.05) is 30.3 Å². The minimum absolute atomic E-state index is 0.167. The van der Waals surface area contributed by atoms with Gasteiger partial charge in [0.05, 0.1) is 17.6 Å². The number of thiazole rings is 1. The minimum Gasteiger partial charge on any atom is -0.493 e. The van der Waals surface area contributed by atoms with E-state index in [0.717, 1.165) is 21.5 Å². The Hall–Kier alpha value is -3.72. The van der Waals surface area contributed by atoms with Crippen molar-refractivity contribution >= 4 is 17.2 Å². The Morgan fingerprint density at radius 2 is 1.87 bits per heavy atom. The predicted octanol–water partition coefficient (Wildman–Crippen LogP) is 3.17. The van der Waals surface area contributed by atoms with Crippen molar-refractivity contribution < 1.29 is 14.3 Å². The lowest BCUT2D eigenvalue weighted by atomic mass is 10.2. The maximum atomic E-state index is 13.2. The van der Waals surface area contributed by atoms with Crippen molar-refractivity contribution in [1.82, 2.24) is 19.4 Å². The third kappa shape index (κ3) is 3.74. The zero-order chi connectivity index (χ0) is 21.3. The van der Waals surface area contributed by atoms with Gasteiger partial charge in [0.1, 0.15) is 10.7 Å². The summed E-state index contributed by atoms with van der Waals surface area (Å²) in [6.07, 6.45) is 1.22. The van der Waals surface area contributed by atoms with Crippen molar-refractivity contribution in [2.24, 2.45) is 0 Å². The molecule has 4 aromatic rings. The Kier molecular flexibility index (Phi) is 5.20. The summed E-state index contributed by atoms with van der Waals surface area (Å²) in [5.74, 6) is -1.09. The molecule has 7 nitrogen and oxygen atoms in total. The molecule has 0 fully saturated rings. The maximum Gasteiger partial charge on any atom is 0.342 e. The molecular formula is C21H17FN4O3S. The molecule has 0 unspecified atom stereocenters. The number of carbonyl (C=O) groups excluding carboxylic acids is 1. The number of hydrogen-bond acceptors (Lipinski definition) is 5. The van der Waals surface area contributed by atoms with E-state index in [1.165, 1.54) is 35.0 Å². The fraction of sp³-hybridized carbons (Fsp3) is 0.0952. The van der Waals surface area contributed by atoms with Gasteiger partial charge in [-0.05, 0) is 36.8 Å². The SMILES string of the molecule is Cc1nc(-n2c(O)cn(-c3ccc(F)cc3)c2=O)sc1C(=O)NCc1ccccc1. The van der Waals surface area contributed by atoms with Crippen LogP contribution in [0, 0.1) is 12.7 Å². The average molecular weight is 424 g/mol. The fourth-order valence-electron chi connectivity index (χ4n) is 2.95. The van der Waals surface area contributed by atoms with Crippen molar-refractivity contribution in [1.29, 1.82) is 0 Å². The second-order valence-corrected chi connectivity index (χ2v) is 7.51. The highest BCUT2D eigenvalue weighted by Gasteiger charge is 2.21. The standard InChI is InChI=1S/C21H17FN4O3S/c1-13-18(19(28)23-11-14-5-3-2-4-6-14)30-20(24-13)26-17(27)12-25(21(26)29)16-9-7-15(22)8-10-16/h2-10,12,27H,11H2,1H3,(H,23,28). The quantitative estimate of drug-likeness (QED) is 0.515. The van der Waals surface area contributed by atoms with Crippen LogP contribution in [0.3, 0.4) is 0 Å². The van der Waals surface area contributed by atoms with E-state index in [2.05, 4.69) is 10.3 Å². The number of aromatic nitrogens is 3. The van der Waals surface area contributed by atoms with Crippen LogP contribution in [-0.4, -0.2) is 25.1 Å². The summed E-state index contributed by atoms with van der Waals surface area (Å²) in [4.78, 5) is 30.0. The van der Waals surface area contributed by atoms with Crippen LogP contribution < -0.4 is 11.0 Å². The lowest BCUT2D eigenvalue weighted by Gasteiger charge is -2.03. The third-order valence-electron chi connectivity index (χ3n) is 4.45. The Bertz CT molecular complexity index is 1260. The van der Waals surface area contributed by atoms with Crippen LogP contribution in [0.4, 0.5) is 4.39 Å². The van der Waals surface area contributed by atoms with E-state index < -0.39 is 11.5 Å². The molecule has 2 aromatic carbocycles. The molecule has 0 aliphatic heterocycles. The van der Waals surface area contributed by atoms with Gasteiger partial charge < -0.3 is 10.4 Å². The first-order valence-corrected chi connectivity index (χ1v) is 9.85. The number of nitrogens with zero attached hydrogens (tertiary/aromatic N) is 3. The molecule has 0 saturated heterocycles. The molecule has 0 saturated carbocycles. The Morgan fingerprint density at radius 1 is 1.17 bits per heavy atom. The molecule has 0 bridgehead atoms. The largest absolute Gasteiger partial charge is 0.493 e. The molecule has 4 rings (SSSR count). The number of aromatic hydroxyl groups is 1. The topological polar surface area (TPSA) is 89.2 Å². The van der Waals surface area contributed by atoms with Gasteiger partial charge in [-0.25, -0.2) is 18.7 Å². The number of rotatable bonds is 5. The lowest BCUT2D eigenvalue weighted by molar-refractivity contribution is 0.0954. The third-order valence-corrected chi connectivity index (χ3v) is 5.60. The molecular weight excluding hydrogens is 407 g/mol. The van der Waals surface area contributed by atoms with Crippen molar-refractivity contribution in [3.63, 3.8) is 0 Å². The number of benzene rings is 2. The number of halogens is 1. The van der Waals surface area contributed by atoms with Crippen molar-refractivity contribution in [2.45, 2.75) is 13.5 Å². The van der Waals surface area contributed by atoms with E-state index in [4.69, 9.17) is 0 Å². The monoisotopic (exact) mass is 424 g/mol. The Balaban J connectivity index is 1.62. The van der Waals surface area contributed by atoms with E-state index in [9.17, 15) is 19.1 Å². The van der Waals surface area contributed by atoms with E-state index in [1.54, 1.807) is 6.92 Å². The highest BCUT2D eigenvalue weighted by molar-refractivity contribution is 7.16. The molecule has 2 N–H and O–H groups in total. The maximum absolute atomic E-state index is 13.2. The lowest BCUT2D eigenvalue weighted by Crippen LogP contribution is -2.22. The highest BCUT2D eigenvalue weighted by atomic mass is 32.1. The first-order chi connectivity index (χ1) is 14.4. The smallest absolute Gasteiger partial charge is 0.342 e. The minimum atomic E-state index is -0.580. The summed E-state index contributed by atoms with van der Waals surface area (Å²) in [5.41, 5.74) is 1.22. The van der Waals surface area contributed by atoms with Crippen LogP contribution >= 0.6 is 11.3 Å². The molecule has 0 spiro atoms. The van der Waals surface area contributed by atoms with Crippen LogP contribution in [0.2, 0.25) is 0 Å². The van der Waals surface area contributed by atoms with Gasteiger partial charge in [0, 0.05) is 6.54 Å². The highest BCUT2D eigenvalue weighted by Crippen LogP contribution is 2.25. The number of aryl methyl sites for hydroxylation is 1. The molecule has 9 heteroatoms. The number of carbonyl (C=O) groups is 1. The number of imidazole rings is 1. The summed E-state index contributed by atoms with van der Waals surface area (Å²) >= 11 is 1.00. The number of amides is 1. The Labute approximate surface area is 174 Å². The van der Waals surface area contributed by atoms with Crippen molar-refractivity contribution in [2.75, 3.05) is 0 Å². The fourth-order valence-corrected chi connectivity index (χ4v) is 3.93. The second-order valence-electron chi connectivity index (χ2n) is 6.53. The van der Waals surface area contributed by atoms with Gasteiger partial charge in [0.15, 0.2) is 0 Å². The molecule has 0 radical (unpaired) electrons. The summed E-state index contributed by atoms with van der Waals surface area (Å²) in [7, 11) is 0. The molecule has 0 atom stereocenters. The van der Waals surface area contributed by atoms with Crippen LogP contribution in [-0.2, 0) is 6.54 Å². The number of hydrogen-bond donors (Lipinski definition) is 2. The summed E-state index contributed by atoms with van der Waals surface area (Å²) < 4.78 is 15.3. The van der Waals surface area contributed by atoms with Gasteiger partial charge in [-0.1, -0.05) is 41.7 Å². The van der Waals surface area contributed by atoms with Gasteiger partial charge in [0.25, 0.3) is 5.91 Å². The van der Waals surface area contributed by atoms with Gasteiger partial charge in [-0.3, -0.25) is 9.36 Å². The first kappa shape index (κ1) is 19.6. The zero-order valence-electron chi connectivity index (χ0n) is 15.9. The van der Waals surface area contributed by atoms with Crippen molar-refractivity contribution in [3.8, 4) is 16.7 Å².